The van der Waals surface area contributed by atoms with Gasteiger partial charge in [-0.2, -0.15) is 0 Å². The summed E-state index contributed by atoms with van der Waals surface area (Å²) in [4.78, 5) is 86.2. The van der Waals surface area contributed by atoms with Gasteiger partial charge in [0, 0.05) is 0 Å². The zero-order valence-corrected chi connectivity index (χ0v) is 16.8. The SMILES string of the molecule is O.O.O.O=P(O)(O)O.O=P(O)(O)O.O=P(O)(O)O.O=P(O)(O)O.[AlH3].[AlH3].[AlH3].[AlH3].[Ca+2].[H-].[H-]. The quantitative estimate of drug-likeness (QED) is 0.0897. The van der Waals surface area contributed by atoms with Crippen LogP contribution in [0.3, 0.4) is 0 Å². The number of phosphoric acid groups is 4. The van der Waals surface area contributed by atoms with Crippen molar-refractivity contribution in [3.63, 3.8) is 0 Å². The molecular weight excluding hydrogens is 576 g/mol. The van der Waals surface area contributed by atoms with Crippen LogP contribution in [0.2, 0.25) is 0 Å². The van der Waals surface area contributed by atoms with E-state index in [9.17, 15) is 0 Å². The van der Waals surface area contributed by atoms with E-state index in [1.165, 1.54) is 0 Å². The maximum absolute atomic E-state index is 8.88. The summed E-state index contributed by atoms with van der Waals surface area (Å²) in [5.74, 6) is 0. The molecule has 0 aliphatic rings. The molecule has 0 saturated carbocycles. The minimum Gasteiger partial charge on any atom is -1.00 e. The fraction of sp³-hybridized carbons (Fsp3) is 0. The molecule has 0 radical (unpaired) electrons. The Hall–Kier alpha value is 3.71. The van der Waals surface area contributed by atoms with Gasteiger partial charge in [-0.1, -0.05) is 0 Å². The van der Waals surface area contributed by atoms with Gasteiger partial charge in [0.25, 0.3) is 0 Å². The van der Waals surface area contributed by atoms with Crippen LogP contribution in [0.4, 0.5) is 0 Å². The van der Waals surface area contributed by atoms with Gasteiger partial charge in [-0.3, -0.25) is 0 Å². The molecule has 0 aliphatic carbocycles. The molecule has 28 heteroatoms. The van der Waals surface area contributed by atoms with E-state index in [0.717, 1.165) is 0 Å². The van der Waals surface area contributed by atoms with Crippen LogP contribution in [0.1, 0.15) is 2.85 Å². The van der Waals surface area contributed by atoms with Crippen molar-refractivity contribution in [2.45, 2.75) is 0 Å². The summed E-state index contributed by atoms with van der Waals surface area (Å²) >= 11 is 0. The van der Waals surface area contributed by atoms with Crippen LogP contribution < -0.4 is 0 Å². The standard InChI is InChI=1S/4Al.Ca.4H3O4P.3H2O.14H/c;;;;;4*1-5(2,3)4;;;;;;;;;;;;;;;;;/h;;;;;4*(H3,1,2,3,4);3*1H2;;;;;;;;;;;;;;/q;;;;+2;;;;;;;;;;;;;;;;;;;;2*-1. The molecule has 28 heavy (non-hydrogen) atoms. The van der Waals surface area contributed by atoms with Crippen molar-refractivity contribution in [1.82, 2.24) is 0 Å². The van der Waals surface area contributed by atoms with E-state index in [2.05, 4.69) is 0 Å². The molecule has 0 amide bonds. The summed E-state index contributed by atoms with van der Waals surface area (Å²) in [5.41, 5.74) is 0. The zero-order chi connectivity index (χ0) is 18.0. The van der Waals surface area contributed by atoms with Crippen LogP contribution >= 0.6 is 31.3 Å². The predicted octanol–water partition coefficient (Wildman–Crippen LogP) is -11.1. The molecule has 0 spiro atoms. The monoisotopic (exact) mass is 608 g/mol. The maximum atomic E-state index is 8.88. The predicted molar refractivity (Wildman–Crippen MR) is 116 cm³/mol. The average Bonchev–Trinajstić information content (AvgIpc) is 1.62. The minimum atomic E-state index is -4.64. The Balaban J connectivity index is -0.00000000853. The first-order chi connectivity index (χ1) is 8.00. The topological polar surface area (TPSA) is 406 Å². The Labute approximate surface area is 232 Å². The van der Waals surface area contributed by atoms with Crippen molar-refractivity contribution in [2.24, 2.45) is 0 Å². The summed E-state index contributed by atoms with van der Waals surface area (Å²) in [5, 5.41) is 0. The third-order valence-corrected chi connectivity index (χ3v) is 0. The summed E-state index contributed by atoms with van der Waals surface area (Å²) in [6.45, 7) is 0. The van der Waals surface area contributed by atoms with E-state index in [-0.39, 0.29) is 126 Å². The van der Waals surface area contributed by atoms with Crippen molar-refractivity contribution < 1.29 is 96.3 Å². The van der Waals surface area contributed by atoms with Gasteiger partial charge in [-0.05, 0) is 0 Å². The van der Waals surface area contributed by atoms with E-state index in [1.807, 2.05) is 0 Å². The van der Waals surface area contributed by atoms with Gasteiger partial charge in [-0.25, -0.2) is 18.3 Å². The van der Waals surface area contributed by atoms with E-state index >= 15 is 0 Å². The van der Waals surface area contributed by atoms with Crippen molar-refractivity contribution >= 4 is 138 Å². The van der Waals surface area contributed by atoms with Gasteiger partial charge in [0.15, 0.2) is 69.4 Å². The van der Waals surface area contributed by atoms with Gasteiger partial charge in [0.2, 0.25) is 0 Å². The molecule has 0 aromatic rings. The Morgan fingerprint density at radius 1 is 0.357 bits per heavy atom. The van der Waals surface area contributed by atoms with E-state index < -0.39 is 31.3 Å². The molecule has 0 rings (SSSR count). The number of rotatable bonds is 0. The third-order valence-electron chi connectivity index (χ3n) is 0. The molecule has 180 valence electrons. The van der Waals surface area contributed by atoms with E-state index in [0.29, 0.717) is 0 Å². The van der Waals surface area contributed by atoms with E-state index in [4.69, 9.17) is 77.0 Å². The molecule has 0 bridgehead atoms. The summed E-state index contributed by atoms with van der Waals surface area (Å²) in [6.07, 6.45) is 0. The fourth-order valence-electron chi connectivity index (χ4n) is 0. The smallest absolute Gasteiger partial charge is 1.00 e. The molecule has 0 fully saturated rings. The normalized spacial score (nSPS) is 8.43. The van der Waals surface area contributed by atoms with Gasteiger partial charge >= 0.3 is 69.0 Å². The Bertz CT molecular complexity index is 313. The molecule has 0 aromatic heterocycles. The molecule has 0 atom stereocenters. The van der Waals surface area contributed by atoms with Crippen molar-refractivity contribution in [1.29, 1.82) is 0 Å². The molecule has 19 nitrogen and oxygen atoms in total. The second-order valence-corrected chi connectivity index (χ2v) is 6.16. The first-order valence-corrected chi connectivity index (χ1v) is 9.39. The third kappa shape index (κ3) is 1780. The molecular formula is H32Al4CaO19P4. The second kappa shape index (κ2) is 35.3. The van der Waals surface area contributed by atoms with Gasteiger partial charge < -0.3 is 78.0 Å². The van der Waals surface area contributed by atoms with Gasteiger partial charge in [0.05, 0.1) is 0 Å². The second-order valence-electron chi connectivity index (χ2n) is 2.05. The van der Waals surface area contributed by atoms with Crippen LogP contribution in [0.5, 0.6) is 0 Å². The minimum absolute atomic E-state index is 0. The van der Waals surface area contributed by atoms with Crippen molar-refractivity contribution in [2.75, 3.05) is 0 Å². The summed E-state index contributed by atoms with van der Waals surface area (Å²) < 4.78 is 35.5. The van der Waals surface area contributed by atoms with Gasteiger partial charge in [0.1, 0.15) is 0 Å². The fourth-order valence-corrected chi connectivity index (χ4v) is 0. The Morgan fingerprint density at radius 2 is 0.357 bits per heavy atom. The molecule has 0 heterocycles. The molecule has 0 unspecified atom stereocenters. The molecule has 0 saturated heterocycles. The van der Waals surface area contributed by atoms with Crippen LogP contribution in [-0.4, -0.2) is 182 Å². The molecule has 0 aliphatic heterocycles. The number of hydrogen-bond acceptors (Lipinski definition) is 4. The Morgan fingerprint density at radius 3 is 0.357 bits per heavy atom. The van der Waals surface area contributed by atoms with Crippen molar-refractivity contribution in [3.05, 3.63) is 0 Å². The van der Waals surface area contributed by atoms with Crippen LogP contribution in [0.25, 0.3) is 0 Å². The average molecular weight is 608 g/mol. The van der Waals surface area contributed by atoms with Gasteiger partial charge in [-0.15, -0.1) is 0 Å². The summed E-state index contributed by atoms with van der Waals surface area (Å²) in [6, 6.07) is 0. The molecule has 0 aromatic carbocycles. The first kappa shape index (κ1) is 77.0. The van der Waals surface area contributed by atoms with Crippen LogP contribution in [0, 0.1) is 0 Å². The van der Waals surface area contributed by atoms with E-state index in [1.54, 1.807) is 0 Å². The number of hydrogen-bond donors (Lipinski definition) is 12. The first-order valence-electron chi connectivity index (χ1n) is 3.13. The van der Waals surface area contributed by atoms with Crippen molar-refractivity contribution in [3.8, 4) is 0 Å². The van der Waals surface area contributed by atoms with Crippen LogP contribution in [-0.2, 0) is 18.3 Å². The largest absolute Gasteiger partial charge is 2.00 e. The maximum Gasteiger partial charge on any atom is 2.00 e. The van der Waals surface area contributed by atoms with Crippen LogP contribution in [0.15, 0.2) is 0 Å². The Kier molecular flexibility index (Phi) is 97.1. The molecule has 18 N–H and O–H groups in total. The summed E-state index contributed by atoms with van der Waals surface area (Å²) in [7, 11) is -18.6. The zero-order valence-electron chi connectivity index (χ0n) is 13.0.